The summed E-state index contributed by atoms with van der Waals surface area (Å²) in [4.78, 5) is 11.4. The third kappa shape index (κ3) is 4.34. The van der Waals surface area contributed by atoms with E-state index in [2.05, 4.69) is 4.99 Å². The first kappa shape index (κ1) is 21.1. The smallest absolute Gasteiger partial charge is 0.163 e. The van der Waals surface area contributed by atoms with Crippen LogP contribution >= 0.6 is 0 Å². The fraction of sp³-hybridized carbons (Fsp3) is 0.364. The number of nitrogens with two attached hydrogens (primary N) is 1. The van der Waals surface area contributed by atoms with Crippen LogP contribution in [0.25, 0.3) is 0 Å². The second kappa shape index (κ2) is 9.34. The lowest BCUT2D eigenvalue weighted by Crippen LogP contribution is -2.34. The molecule has 0 aliphatic carbocycles. The Labute approximate surface area is 180 Å². The van der Waals surface area contributed by atoms with Gasteiger partial charge in [-0.2, -0.15) is 0 Å². The van der Waals surface area contributed by atoms with E-state index >= 15 is 0 Å². The minimum Gasteiger partial charge on any atom is -0.487 e. The molecule has 0 bridgehead atoms. The summed E-state index contributed by atoms with van der Waals surface area (Å²) in [7, 11) is 3.25. The van der Waals surface area contributed by atoms with Crippen molar-refractivity contribution in [3.63, 3.8) is 0 Å². The van der Waals surface area contributed by atoms with Gasteiger partial charge in [-0.3, -0.25) is 0 Å². The molecular formula is C22H26N4O5. The number of fused-ring (bicyclic) bond motifs is 4. The van der Waals surface area contributed by atoms with E-state index in [4.69, 9.17) is 29.7 Å². The second-order valence-corrected chi connectivity index (χ2v) is 7.15. The lowest BCUT2D eigenvalue weighted by molar-refractivity contribution is 0.132. The molecule has 9 nitrogen and oxygen atoms in total. The van der Waals surface area contributed by atoms with E-state index in [0.29, 0.717) is 50.2 Å². The van der Waals surface area contributed by atoms with Gasteiger partial charge in [-0.1, -0.05) is 0 Å². The summed E-state index contributed by atoms with van der Waals surface area (Å²) in [5.41, 5.74) is 10.7. The molecule has 2 aliphatic rings. The van der Waals surface area contributed by atoms with Gasteiger partial charge in [-0.05, 0) is 23.8 Å². The van der Waals surface area contributed by atoms with Crippen LogP contribution in [0.5, 0.6) is 11.5 Å². The fourth-order valence-corrected chi connectivity index (χ4v) is 3.50. The molecule has 0 saturated heterocycles. The minimum absolute atomic E-state index is 0.0935. The van der Waals surface area contributed by atoms with Crippen LogP contribution in [-0.2, 0) is 22.6 Å². The summed E-state index contributed by atoms with van der Waals surface area (Å²) < 4.78 is 21.9. The Kier molecular flexibility index (Phi) is 6.36. The van der Waals surface area contributed by atoms with Crippen molar-refractivity contribution in [1.29, 1.82) is 0 Å². The van der Waals surface area contributed by atoms with Crippen LogP contribution in [0.3, 0.4) is 0 Å². The van der Waals surface area contributed by atoms with Gasteiger partial charge in [0.15, 0.2) is 11.5 Å². The third-order valence-corrected chi connectivity index (χ3v) is 5.06. The summed E-state index contributed by atoms with van der Waals surface area (Å²) in [6, 6.07) is 7.37. The summed E-state index contributed by atoms with van der Waals surface area (Å²) in [6.45, 7) is 2.14. The van der Waals surface area contributed by atoms with Crippen molar-refractivity contribution in [2.45, 2.75) is 13.2 Å². The third-order valence-electron chi connectivity index (χ3n) is 5.06. The second-order valence-electron chi connectivity index (χ2n) is 7.15. The Morgan fingerprint density at radius 1 is 0.968 bits per heavy atom. The standard InChI is InChI=1S/C22H26N4O5/c1-28-3-5-30-20-9-15-18(10-21(20)31-6-4-29-2)24-13-26-11-16-17(23)7-14(12-27)8-19(16)25-22(15)26/h7-10,13,27H,3-6,11-12,23H2,1-2H3. The average molecular weight is 426 g/mol. The molecule has 2 aliphatic heterocycles. The lowest BCUT2D eigenvalue weighted by atomic mass is 10.0. The Bertz CT molecular complexity index is 1020. The zero-order chi connectivity index (χ0) is 21.8. The topological polar surface area (TPSA) is 111 Å². The van der Waals surface area contributed by atoms with Gasteiger partial charge in [0.25, 0.3) is 0 Å². The average Bonchev–Trinajstić information content (AvgIpc) is 2.78. The van der Waals surface area contributed by atoms with Crippen molar-refractivity contribution in [2.24, 2.45) is 9.98 Å². The van der Waals surface area contributed by atoms with E-state index in [1.807, 2.05) is 23.1 Å². The molecule has 3 N–H and O–H groups in total. The first-order valence-electron chi connectivity index (χ1n) is 9.98. The zero-order valence-corrected chi connectivity index (χ0v) is 17.6. The first-order valence-corrected chi connectivity index (χ1v) is 9.98. The van der Waals surface area contributed by atoms with E-state index in [-0.39, 0.29) is 6.61 Å². The Morgan fingerprint density at radius 3 is 2.35 bits per heavy atom. The minimum atomic E-state index is -0.0935. The van der Waals surface area contributed by atoms with Gasteiger partial charge in [0.05, 0.1) is 44.1 Å². The highest BCUT2D eigenvalue weighted by molar-refractivity contribution is 6.13. The fourth-order valence-electron chi connectivity index (χ4n) is 3.50. The molecule has 0 spiro atoms. The van der Waals surface area contributed by atoms with Crippen LogP contribution in [-0.4, -0.2) is 62.8 Å². The molecule has 31 heavy (non-hydrogen) atoms. The van der Waals surface area contributed by atoms with Gasteiger partial charge < -0.3 is 34.7 Å². The van der Waals surface area contributed by atoms with Gasteiger partial charge >= 0.3 is 0 Å². The number of aliphatic hydroxyl groups is 1. The van der Waals surface area contributed by atoms with Gasteiger partial charge in [-0.25, -0.2) is 9.98 Å². The summed E-state index contributed by atoms with van der Waals surface area (Å²) in [5.74, 6) is 1.91. The Balaban J connectivity index is 1.74. The van der Waals surface area contributed by atoms with Crippen molar-refractivity contribution in [2.75, 3.05) is 46.4 Å². The van der Waals surface area contributed by atoms with Gasteiger partial charge in [0.1, 0.15) is 19.0 Å². The summed E-state index contributed by atoms with van der Waals surface area (Å²) in [6.07, 6.45) is 1.74. The van der Waals surface area contributed by atoms with E-state index in [0.717, 1.165) is 33.9 Å². The molecular weight excluding hydrogens is 400 g/mol. The van der Waals surface area contributed by atoms with Crippen LogP contribution < -0.4 is 15.2 Å². The number of nitrogen functional groups attached to an aromatic ring is 1. The number of aliphatic hydroxyl groups excluding tert-OH is 1. The van der Waals surface area contributed by atoms with Crippen LogP contribution in [0.1, 0.15) is 16.7 Å². The molecule has 0 aromatic heterocycles. The van der Waals surface area contributed by atoms with Crippen molar-refractivity contribution >= 4 is 29.2 Å². The first-order chi connectivity index (χ1) is 15.1. The molecule has 0 fully saturated rings. The molecule has 2 aromatic rings. The normalized spacial score (nSPS) is 13.9. The number of hydrogen-bond donors (Lipinski definition) is 2. The van der Waals surface area contributed by atoms with Crippen molar-refractivity contribution in [3.05, 3.63) is 41.0 Å². The molecule has 2 heterocycles. The molecule has 0 radical (unpaired) electrons. The van der Waals surface area contributed by atoms with Gasteiger partial charge in [0.2, 0.25) is 0 Å². The zero-order valence-electron chi connectivity index (χ0n) is 17.6. The summed E-state index contributed by atoms with van der Waals surface area (Å²) in [5, 5.41) is 9.53. The highest BCUT2D eigenvalue weighted by atomic mass is 16.5. The van der Waals surface area contributed by atoms with Gasteiger partial charge in [0, 0.05) is 37.1 Å². The Morgan fingerprint density at radius 2 is 1.68 bits per heavy atom. The quantitative estimate of drug-likeness (QED) is 0.468. The van der Waals surface area contributed by atoms with Crippen LogP contribution in [0.4, 0.5) is 17.1 Å². The SMILES string of the molecule is COCCOc1cc2c(cc1OCCOC)C1=Nc3cc(CO)cc(N)c3CN1C=N2. The van der Waals surface area contributed by atoms with E-state index < -0.39 is 0 Å². The van der Waals surface area contributed by atoms with Crippen LogP contribution in [0, 0.1) is 0 Å². The predicted molar refractivity (Wildman–Crippen MR) is 118 cm³/mol. The summed E-state index contributed by atoms with van der Waals surface area (Å²) >= 11 is 0. The van der Waals surface area contributed by atoms with E-state index in [1.54, 1.807) is 26.6 Å². The molecule has 2 aromatic carbocycles. The Hall–Kier alpha value is -3.14. The number of anilines is 1. The largest absolute Gasteiger partial charge is 0.487 e. The van der Waals surface area contributed by atoms with Crippen molar-refractivity contribution in [3.8, 4) is 11.5 Å². The highest BCUT2D eigenvalue weighted by Crippen LogP contribution is 2.41. The van der Waals surface area contributed by atoms with Gasteiger partial charge in [-0.15, -0.1) is 0 Å². The monoisotopic (exact) mass is 426 g/mol. The molecule has 0 atom stereocenters. The maximum Gasteiger partial charge on any atom is 0.163 e. The highest BCUT2D eigenvalue weighted by Gasteiger charge is 2.28. The number of ether oxygens (including phenoxy) is 4. The molecule has 4 rings (SSSR count). The number of nitrogens with zero attached hydrogens (tertiary/aromatic N) is 3. The van der Waals surface area contributed by atoms with Crippen LogP contribution in [0.2, 0.25) is 0 Å². The maximum absolute atomic E-state index is 9.53. The number of hydrogen-bond acceptors (Lipinski definition) is 9. The number of amidine groups is 1. The number of aliphatic imine (C=N–C) groups is 2. The molecule has 164 valence electrons. The maximum atomic E-state index is 9.53. The van der Waals surface area contributed by atoms with Crippen LogP contribution in [0.15, 0.2) is 34.3 Å². The lowest BCUT2D eigenvalue weighted by Gasteiger charge is -2.31. The van der Waals surface area contributed by atoms with Crippen molar-refractivity contribution in [1.82, 2.24) is 4.90 Å². The number of methoxy groups -OCH3 is 2. The van der Waals surface area contributed by atoms with E-state index in [1.165, 1.54) is 0 Å². The molecule has 0 saturated carbocycles. The van der Waals surface area contributed by atoms with Crippen molar-refractivity contribution < 1.29 is 24.1 Å². The van der Waals surface area contributed by atoms with E-state index in [9.17, 15) is 5.11 Å². The molecule has 0 unspecified atom stereocenters. The number of rotatable bonds is 9. The molecule has 0 amide bonds. The number of benzene rings is 2. The molecule has 9 heteroatoms. The predicted octanol–water partition coefficient (Wildman–Crippen LogP) is 2.38.